The second kappa shape index (κ2) is 11.4. The Bertz CT molecular complexity index is 561. The van der Waals surface area contributed by atoms with Crippen LogP contribution in [-0.2, 0) is 14.3 Å². The van der Waals surface area contributed by atoms with E-state index in [4.69, 9.17) is 14.2 Å². The number of esters is 1. The van der Waals surface area contributed by atoms with Crippen molar-refractivity contribution in [2.45, 2.75) is 34.1 Å². The number of nitrogens with zero attached hydrogens (tertiary/aromatic N) is 1. The van der Waals surface area contributed by atoms with Gasteiger partial charge in [-0.2, -0.15) is 0 Å². The van der Waals surface area contributed by atoms with Gasteiger partial charge in [0.05, 0.1) is 20.1 Å². The van der Waals surface area contributed by atoms with Gasteiger partial charge in [0.15, 0.2) is 18.1 Å². The van der Waals surface area contributed by atoms with Gasteiger partial charge in [0, 0.05) is 13.1 Å². The summed E-state index contributed by atoms with van der Waals surface area (Å²) in [4.78, 5) is 25.9. The molecule has 0 unspecified atom stereocenters. The maximum Gasteiger partial charge on any atom is 0.309 e. The second-order valence-corrected chi connectivity index (χ2v) is 7.00. The lowest BCUT2D eigenvalue weighted by atomic mass is 10.1. The van der Waals surface area contributed by atoms with Gasteiger partial charge in [0.1, 0.15) is 0 Å². The lowest BCUT2D eigenvalue weighted by Crippen LogP contribution is -2.39. The molecule has 6 nitrogen and oxygen atoms in total. The summed E-state index contributed by atoms with van der Waals surface area (Å²) in [6.45, 7) is 9.48. The maximum absolute atomic E-state index is 12.3. The van der Waals surface area contributed by atoms with E-state index >= 15 is 0 Å². The van der Waals surface area contributed by atoms with Gasteiger partial charge in [-0.15, -0.1) is 0 Å². The third-order valence-electron chi connectivity index (χ3n) is 3.51. The zero-order chi connectivity index (χ0) is 19.5. The van der Waals surface area contributed by atoms with E-state index in [9.17, 15) is 9.59 Å². The molecule has 26 heavy (non-hydrogen) atoms. The number of rotatable bonds is 11. The summed E-state index contributed by atoms with van der Waals surface area (Å²) in [6.07, 6.45) is 0.0691. The van der Waals surface area contributed by atoms with Gasteiger partial charge >= 0.3 is 5.97 Å². The van der Waals surface area contributed by atoms with Crippen LogP contribution < -0.4 is 9.47 Å². The Morgan fingerprint density at radius 1 is 1.00 bits per heavy atom. The van der Waals surface area contributed by atoms with E-state index in [0.717, 1.165) is 0 Å². The van der Waals surface area contributed by atoms with Crippen molar-refractivity contribution in [3.05, 3.63) is 24.3 Å². The molecule has 6 heteroatoms. The van der Waals surface area contributed by atoms with Crippen molar-refractivity contribution >= 4 is 11.9 Å². The normalized spacial score (nSPS) is 10.7. The number of methoxy groups -OCH3 is 1. The Labute approximate surface area is 156 Å². The van der Waals surface area contributed by atoms with Gasteiger partial charge in [-0.05, 0) is 24.0 Å². The highest BCUT2D eigenvalue weighted by molar-refractivity contribution is 5.80. The molecule has 0 heterocycles. The largest absolute Gasteiger partial charge is 0.493 e. The van der Waals surface area contributed by atoms with E-state index in [1.165, 1.54) is 0 Å². The molecular weight excluding hydrogens is 334 g/mol. The minimum Gasteiger partial charge on any atom is -0.493 e. The molecule has 0 bridgehead atoms. The van der Waals surface area contributed by atoms with Gasteiger partial charge in [-0.25, -0.2) is 0 Å². The first-order chi connectivity index (χ1) is 12.3. The van der Waals surface area contributed by atoms with Crippen LogP contribution in [0.3, 0.4) is 0 Å². The number of hydrogen-bond donors (Lipinski definition) is 0. The Morgan fingerprint density at radius 2 is 1.58 bits per heavy atom. The Hall–Kier alpha value is -2.24. The predicted molar refractivity (Wildman–Crippen MR) is 100 cm³/mol. The van der Waals surface area contributed by atoms with Crippen molar-refractivity contribution < 1.29 is 23.8 Å². The lowest BCUT2D eigenvalue weighted by Gasteiger charge is -2.26. The topological polar surface area (TPSA) is 65.1 Å². The van der Waals surface area contributed by atoms with Crippen molar-refractivity contribution in [3.63, 3.8) is 0 Å². The average Bonchev–Trinajstić information content (AvgIpc) is 2.58. The minimum absolute atomic E-state index is 0.0691. The highest BCUT2D eigenvalue weighted by Gasteiger charge is 2.18. The quantitative estimate of drug-likeness (QED) is 0.564. The fourth-order valence-electron chi connectivity index (χ4n) is 2.45. The summed E-state index contributed by atoms with van der Waals surface area (Å²) in [5.74, 6) is 1.28. The lowest BCUT2D eigenvalue weighted by molar-refractivity contribution is -0.152. The molecule has 146 valence electrons. The molecule has 0 fully saturated rings. The third kappa shape index (κ3) is 8.23. The zero-order valence-corrected chi connectivity index (χ0v) is 16.5. The smallest absolute Gasteiger partial charge is 0.309 e. The fourth-order valence-corrected chi connectivity index (χ4v) is 2.45. The summed E-state index contributed by atoms with van der Waals surface area (Å²) in [5.41, 5.74) is 0. The number of benzene rings is 1. The molecule has 0 aliphatic carbocycles. The standard InChI is InChI=1S/C20H31NO5/c1-15(2)12-21(13-16(3)4)19(22)14-26-20(23)10-11-25-18-9-7-6-8-17(18)24-5/h6-9,15-16H,10-14H2,1-5H3. The first kappa shape index (κ1) is 21.8. The van der Waals surface area contributed by atoms with Crippen LogP contribution in [0.4, 0.5) is 0 Å². The van der Waals surface area contributed by atoms with Gasteiger partial charge in [0.25, 0.3) is 5.91 Å². The molecule has 0 atom stereocenters. The van der Waals surface area contributed by atoms with Crippen LogP contribution >= 0.6 is 0 Å². The number of amides is 1. The van der Waals surface area contributed by atoms with E-state index in [1.54, 1.807) is 24.1 Å². The van der Waals surface area contributed by atoms with Crippen LogP contribution in [0.15, 0.2) is 24.3 Å². The summed E-state index contributed by atoms with van der Waals surface area (Å²) in [6, 6.07) is 7.21. The third-order valence-corrected chi connectivity index (χ3v) is 3.51. The van der Waals surface area contributed by atoms with Crippen LogP contribution in [-0.4, -0.2) is 50.2 Å². The van der Waals surface area contributed by atoms with Gasteiger partial charge in [-0.1, -0.05) is 39.8 Å². The Balaban J connectivity index is 2.39. The molecule has 0 aliphatic rings. The van der Waals surface area contributed by atoms with E-state index < -0.39 is 5.97 Å². The van der Waals surface area contributed by atoms with Crippen molar-refractivity contribution in [3.8, 4) is 11.5 Å². The highest BCUT2D eigenvalue weighted by Crippen LogP contribution is 2.25. The minimum atomic E-state index is -0.456. The summed E-state index contributed by atoms with van der Waals surface area (Å²) in [7, 11) is 1.56. The van der Waals surface area contributed by atoms with E-state index in [-0.39, 0.29) is 25.5 Å². The molecule has 0 saturated heterocycles. The van der Waals surface area contributed by atoms with Crippen molar-refractivity contribution in [2.75, 3.05) is 33.4 Å². The second-order valence-electron chi connectivity index (χ2n) is 7.00. The van der Waals surface area contributed by atoms with Crippen molar-refractivity contribution in [1.82, 2.24) is 4.90 Å². The Morgan fingerprint density at radius 3 is 2.12 bits per heavy atom. The monoisotopic (exact) mass is 365 g/mol. The van der Waals surface area contributed by atoms with Crippen molar-refractivity contribution in [2.24, 2.45) is 11.8 Å². The number of hydrogen-bond acceptors (Lipinski definition) is 5. The van der Waals surface area contributed by atoms with Crippen LogP contribution in [0, 0.1) is 11.8 Å². The predicted octanol–water partition coefficient (Wildman–Crippen LogP) is 3.15. The SMILES string of the molecule is COc1ccccc1OCCC(=O)OCC(=O)N(CC(C)C)CC(C)C. The Kier molecular flexibility index (Phi) is 9.55. The summed E-state index contributed by atoms with van der Waals surface area (Å²) < 4.78 is 15.8. The molecule has 0 saturated carbocycles. The zero-order valence-electron chi connectivity index (χ0n) is 16.5. The molecule has 0 N–H and O–H groups in total. The number of para-hydroxylation sites is 2. The molecule has 0 spiro atoms. The van der Waals surface area contributed by atoms with Crippen LogP contribution in [0.5, 0.6) is 11.5 Å². The molecule has 1 aromatic carbocycles. The number of carbonyl (C=O) groups excluding carboxylic acids is 2. The molecule has 1 amide bonds. The van der Waals surface area contributed by atoms with E-state index in [0.29, 0.717) is 36.4 Å². The van der Waals surface area contributed by atoms with Gasteiger partial charge in [0.2, 0.25) is 0 Å². The molecular formula is C20H31NO5. The van der Waals surface area contributed by atoms with E-state index in [2.05, 4.69) is 27.7 Å². The first-order valence-electron chi connectivity index (χ1n) is 9.02. The number of carbonyl (C=O) groups is 2. The van der Waals surface area contributed by atoms with Gasteiger partial charge < -0.3 is 19.1 Å². The molecule has 1 aromatic rings. The van der Waals surface area contributed by atoms with Crippen molar-refractivity contribution in [1.29, 1.82) is 0 Å². The molecule has 1 rings (SSSR count). The average molecular weight is 365 g/mol. The van der Waals surface area contributed by atoms with Gasteiger partial charge in [-0.3, -0.25) is 9.59 Å². The molecule has 0 aromatic heterocycles. The van der Waals surface area contributed by atoms with Crippen LogP contribution in [0.25, 0.3) is 0 Å². The summed E-state index contributed by atoms with van der Waals surface area (Å²) >= 11 is 0. The fraction of sp³-hybridized carbons (Fsp3) is 0.600. The number of ether oxygens (including phenoxy) is 3. The van der Waals surface area contributed by atoms with E-state index in [1.807, 2.05) is 12.1 Å². The van der Waals surface area contributed by atoms with Crippen LogP contribution in [0.1, 0.15) is 34.1 Å². The molecule has 0 radical (unpaired) electrons. The van der Waals surface area contributed by atoms with Crippen LogP contribution in [0.2, 0.25) is 0 Å². The maximum atomic E-state index is 12.3. The summed E-state index contributed by atoms with van der Waals surface area (Å²) in [5, 5.41) is 0. The molecule has 0 aliphatic heterocycles. The highest BCUT2D eigenvalue weighted by atomic mass is 16.5. The first-order valence-corrected chi connectivity index (χ1v) is 9.02.